The van der Waals surface area contributed by atoms with Gasteiger partial charge in [-0.2, -0.15) is 4.98 Å². The van der Waals surface area contributed by atoms with Crippen molar-refractivity contribution in [3.63, 3.8) is 0 Å². The van der Waals surface area contributed by atoms with Gasteiger partial charge in [0.15, 0.2) is 0 Å². The first-order chi connectivity index (χ1) is 7.70. The average molecular weight is 282 g/mol. The van der Waals surface area contributed by atoms with Crippen LogP contribution in [0.25, 0.3) is 10.9 Å². The highest BCUT2D eigenvalue weighted by molar-refractivity contribution is 9.10. The molecule has 1 aromatic heterocycles. The molecule has 0 spiro atoms. The van der Waals surface area contributed by atoms with Gasteiger partial charge in [0.25, 0.3) is 0 Å². The second-order valence-electron chi connectivity index (χ2n) is 3.54. The fraction of sp³-hybridized carbons (Fsp3) is 0.273. The monoisotopic (exact) mass is 281 g/mol. The van der Waals surface area contributed by atoms with Crippen LogP contribution in [0.4, 0.5) is 0 Å². The number of nitrogens with one attached hydrogen (secondary N) is 2. The minimum atomic E-state index is -0.295. The van der Waals surface area contributed by atoms with Crippen molar-refractivity contribution in [2.75, 3.05) is 13.6 Å². The van der Waals surface area contributed by atoms with E-state index in [9.17, 15) is 4.79 Å². The van der Waals surface area contributed by atoms with E-state index < -0.39 is 0 Å². The lowest BCUT2D eigenvalue weighted by Crippen LogP contribution is -2.17. The Morgan fingerprint density at radius 1 is 1.50 bits per heavy atom. The highest BCUT2D eigenvalue weighted by Gasteiger charge is 2.04. The standard InChI is InChI=1S/C11H12BrN3O/c1-13-5-4-9-8-3-2-7(12)6-10(8)15-11(16)14-9/h2-3,6,13H,4-5H2,1H3,(H,14,15,16). The molecule has 2 aromatic rings. The number of nitrogens with zero attached hydrogens (tertiary/aromatic N) is 1. The molecule has 0 atom stereocenters. The van der Waals surface area contributed by atoms with Gasteiger partial charge in [0.2, 0.25) is 0 Å². The number of fused-ring (bicyclic) bond motifs is 1. The van der Waals surface area contributed by atoms with Crippen molar-refractivity contribution in [1.82, 2.24) is 15.3 Å². The topological polar surface area (TPSA) is 57.8 Å². The molecule has 4 nitrogen and oxygen atoms in total. The lowest BCUT2D eigenvalue weighted by molar-refractivity contribution is 0.775. The third kappa shape index (κ3) is 2.31. The Morgan fingerprint density at radius 3 is 3.06 bits per heavy atom. The predicted octanol–water partition coefficient (Wildman–Crippen LogP) is 1.45. The van der Waals surface area contributed by atoms with Crippen LogP contribution < -0.4 is 11.0 Å². The molecule has 1 aromatic carbocycles. The summed E-state index contributed by atoms with van der Waals surface area (Å²) in [6, 6.07) is 5.77. The summed E-state index contributed by atoms with van der Waals surface area (Å²) in [5.74, 6) is 0. The molecule has 2 rings (SSSR count). The van der Waals surface area contributed by atoms with Crippen LogP contribution in [0.15, 0.2) is 27.5 Å². The highest BCUT2D eigenvalue weighted by Crippen LogP contribution is 2.18. The fourth-order valence-corrected chi connectivity index (χ4v) is 1.98. The van der Waals surface area contributed by atoms with Crippen LogP contribution in [-0.2, 0) is 6.42 Å². The Kier molecular flexibility index (Phi) is 3.36. The van der Waals surface area contributed by atoms with E-state index >= 15 is 0 Å². The summed E-state index contributed by atoms with van der Waals surface area (Å²) in [6.45, 7) is 0.825. The molecule has 0 unspecified atom stereocenters. The lowest BCUT2D eigenvalue weighted by Gasteiger charge is -2.05. The molecule has 1 heterocycles. The minimum absolute atomic E-state index is 0.295. The molecule has 0 saturated heterocycles. The van der Waals surface area contributed by atoms with Crippen molar-refractivity contribution in [3.05, 3.63) is 38.9 Å². The van der Waals surface area contributed by atoms with Crippen LogP contribution in [0.2, 0.25) is 0 Å². The lowest BCUT2D eigenvalue weighted by atomic mass is 10.1. The molecule has 0 aliphatic rings. The Balaban J connectivity index is 2.58. The summed E-state index contributed by atoms with van der Waals surface area (Å²) in [6.07, 6.45) is 0.784. The molecule has 0 aliphatic carbocycles. The molecule has 84 valence electrons. The maximum atomic E-state index is 11.4. The van der Waals surface area contributed by atoms with Gasteiger partial charge < -0.3 is 10.3 Å². The summed E-state index contributed by atoms with van der Waals surface area (Å²) in [7, 11) is 1.89. The molecule has 0 saturated carbocycles. The molecule has 0 fully saturated rings. The average Bonchev–Trinajstić information content (AvgIpc) is 2.25. The van der Waals surface area contributed by atoms with E-state index in [-0.39, 0.29) is 5.69 Å². The zero-order valence-corrected chi connectivity index (χ0v) is 10.5. The van der Waals surface area contributed by atoms with Crippen LogP contribution in [0.5, 0.6) is 0 Å². The maximum absolute atomic E-state index is 11.4. The summed E-state index contributed by atoms with van der Waals surface area (Å²) in [4.78, 5) is 18.1. The zero-order valence-electron chi connectivity index (χ0n) is 8.88. The fourth-order valence-electron chi connectivity index (χ4n) is 1.63. The van der Waals surface area contributed by atoms with Crippen LogP contribution >= 0.6 is 15.9 Å². The smallest absolute Gasteiger partial charge is 0.319 e. The number of aromatic amines is 1. The summed E-state index contributed by atoms with van der Waals surface area (Å²) < 4.78 is 0.928. The zero-order chi connectivity index (χ0) is 11.5. The number of hydrogen-bond acceptors (Lipinski definition) is 3. The second kappa shape index (κ2) is 4.76. The number of aromatic nitrogens is 2. The van der Waals surface area contributed by atoms with Crippen molar-refractivity contribution < 1.29 is 0 Å². The van der Waals surface area contributed by atoms with Gasteiger partial charge in [-0.3, -0.25) is 0 Å². The Bertz CT molecular complexity index is 565. The number of hydrogen-bond donors (Lipinski definition) is 2. The number of benzene rings is 1. The van der Waals surface area contributed by atoms with Crippen molar-refractivity contribution in [2.45, 2.75) is 6.42 Å². The van der Waals surface area contributed by atoms with Crippen LogP contribution in [-0.4, -0.2) is 23.6 Å². The number of H-pyrrole nitrogens is 1. The summed E-state index contributed by atoms with van der Waals surface area (Å²) in [5.41, 5.74) is 1.36. The molecule has 2 N–H and O–H groups in total. The third-order valence-corrected chi connectivity index (χ3v) is 2.88. The van der Waals surface area contributed by atoms with Gasteiger partial charge in [0.05, 0.1) is 5.52 Å². The van der Waals surface area contributed by atoms with Crippen LogP contribution in [0, 0.1) is 0 Å². The molecule has 0 bridgehead atoms. The molecule has 16 heavy (non-hydrogen) atoms. The number of likely N-dealkylation sites (N-methyl/N-ethyl adjacent to an activating group) is 1. The summed E-state index contributed by atoms with van der Waals surface area (Å²) >= 11 is 3.37. The number of halogens is 1. The molecule has 0 radical (unpaired) electrons. The Hall–Kier alpha value is -1.20. The van der Waals surface area contributed by atoms with Gasteiger partial charge in [0.1, 0.15) is 0 Å². The molecule has 0 aliphatic heterocycles. The van der Waals surface area contributed by atoms with E-state index in [4.69, 9.17) is 0 Å². The first kappa shape index (κ1) is 11.3. The number of rotatable bonds is 3. The van der Waals surface area contributed by atoms with E-state index in [0.29, 0.717) is 0 Å². The summed E-state index contributed by atoms with van der Waals surface area (Å²) in [5, 5.41) is 4.06. The first-order valence-electron chi connectivity index (χ1n) is 5.04. The second-order valence-corrected chi connectivity index (χ2v) is 4.45. The van der Waals surface area contributed by atoms with Gasteiger partial charge in [-0.05, 0) is 25.2 Å². The SMILES string of the molecule is CNCCc1[nH]c(=O)nc2cc(Br)ccc12. The van der Waals surface area contributed by atoms with Gasteiger partial charge in [0, 0.05) is 28.5 Å². The quantitative estimate of drug-likeness (QED) is 0.895. The van der Waals surface area contributed by atoms with Crippen LogP contribution in [0.1, 0.15) is 5.69 Å². The van der Waals surface area contributed by atoms with E-state index in [1.54, 1.807) is 0 Å². The van der Waals surface area contributed by atoms with Gasteiger partial charge in [-0.15, -0.1) is 0 Å². The Morgan fingerprint density at radius 2 is 2.31 bits per heavy atom. The normalized spacial score (nSPS) is 10.9. The minimum Gasteiger partial charge on any atom is -0.319 e. The Labute approximate surface area is 101 Å². The van der Waals surface area contributed by atoms with Crippen molar-refractivity contribution in [1.29, 1.82) is 0 Å². The van der Waals surface area contributed by atoms with Gasteiger partial charge >= 0.3 is 5.69 Å². The van der Waals surface area contributed by atoms with E-state index in [1.165, 1.54) is 0 Å². The third-order valence-electron chi connectivity index (χ3n) is 2.39. The largest absolute Gasteiger partial charge is 0.345 e. The molecule has 5 heteroatoms. The predicted molar refractivity (Wildman–Crippen MR) is 67.7 cm³/mol. The van der Waals surface area contributed by atoms with Crippen molar-refractivity contribution >= 4 is 26.8 Å². The maximum Gasteiger partial charge on any atom is 0.345 e. The highest BCUT2D eigenvalue weighted by atomic mass is 79.9. The van der Waals surface area contributed by atoms with Crippen molar-refractivity contribution in [3.8, 4) is 0 Å². The van der Waals surface area contributed by atoms with E-state index in [0.717, 1.165) is 34.0 Å². The molecule has 0 amide bonds. The van der Waals surface area contributed by atoms with Crippen molar-refractivity contribution in [2.24, 2.45) is 0 Å². The van der Waals surface area contributed by atoms with E-state index in [1.807, 2.05) is 25.2 Å². The van der Waals surface area contributed by atoms with Crippen LogP contribution in [0.3, 0.4) is 0 Å². The van der Waals surface area contributed by atoms with E-state index in [2.05, 4.69) is 31.2 Å². The first-order valence-corrected chi connectivity index (χ1v) is 5.83. The molecular formula is C11H12BrN3O. The van der Waals surface area contributed by atoms with Gasteiger partial charge in [-0.25, -0.2) is 4.79 Å². The van der Waals surface area contributed by atoms with Gasteiger partial charge in [-0.1, -0.05) is 15.9 Å². The molecular weight excluding hydrogens is 270 g/mol.